The fourth-order valence-corrected chi connectivity index (χ4v) is 2.12. The minimum atomic E-state index is -4.95. The molecule has 0 spiro atoms. The van der Waals surface area contributed by atoms with Gasteiger partial charge < -0.3 is 14.9 Å². The molecule has 1 aliphatic heterocycles. The van der Waals surface area contributed by atoms with Crippen LogP contribution in [0.5, 0.6) is 0 Å². The van der Waals surface area contributed by atoms with E-state index in [1.807, 2.05) is 4.98 Å². The van der Waals surface area contributed by atoms with Crippen molar-refractivity contribution >= 4 is 0 Å². The molecule has 4 atom stereocenters. The smallest absolute Gasteiger partial charge is 0.390 e. The van der Waals surface area contributed by atoms with E-state index in [0.717, 1.165) is 10.8 Å². The summed E-state index contributed by atoms with van der Waals surface area (Å²) in [5.41, 5.74) is -1.33. The molecule has 1 saturated heterocycles. The Labute approximate surface area is 115 Å². The van der Waals surface area contributed by atoms with Gasteiger partial charge in [-0.25, -0.2) is 4.79 Å². The number of nitrogens with one attached hydrogen (secondary N) is 1. The van der Waals surface area contributed by atoms with Crippen LogP contribution >= 0.6 is 0 Å². The molecule has 0 aliphatic carbocycles. The number of hydrogen-bond donors (Lipinski definition) is 3. The molecule has 1 fully saturated rings. The van der Waals surface area contributed by atoms with Crippen LogP contribution in [-0.2, 0) is 4.74 Å². The van der Waals surface area contributed by atoms with Gasteiger partial charge in [0, 0.05) is 18.2 Å². The van der Waals surface area contributed by atoms with Gasteiger partial charge in [-0.3, -0.25) is 14.3 Å². The topological polar surface area (TPSA) is 105 Å². The zero-order chi connectivity index (χ0) is 15.9. The van der Waals surface area contributed by atoms with Crippen molar-refractivity contribution in [1.82, 2.24) is 9.55 Å². The van der Waals surface area contributed by atoms with Crippen molar-refractivity contribution in [2.24, 2.45) is 0 Å². The second-order valence-electron chi connectivity index (χ2n) is 4.82. The zero-order valence-electron chi connectivity index (χ0n) is 10.8. The number of H-pyrrole nitrogens is 1. The van der Waals surface area contributed by atoms with Gasteiger partial charge >= 0.3 is 11.9 Å². The normalized spacial score (nSPS) is 27.8. The number of alkyl halides is 3. The number of aromatic amines is 1. The highest BCUT2D eigenvalue weighted by Crippen LogP contribution is 2.34. The Morgan fingerprint density at radius 1 is 1.48 bits per heavy atom. The summed E-state index contributed by atoms with van der Waals surface area (Å²) in [6, 6.07) is 0. The first-order valence-electron chi connectivity index (χ1n) is 6.01. The maximum Gasteiger partial charge on any atom is 0.417 e. The molecule has 1 aromatic heterocycles. The fraction of sp³-hybridized carbons (Fsp3) is 0.636. The predicted molar refractivity (Wildman–Crippen MR) is 62.7 cm³/mol. The standard InChI is InChI=1S/C11H13F3N2O5/c1-4-3-16(10(20)15-9(4)19)6-2-5(17)7(21-6)8(18)11(12,13)14/h3,5-8,17-18H,2H2,1H3,(H,15,19,20)/t5-,6+,7-,8?/m0/s1. The van der Waals surface area contributed by atoms with Crippen molar-refractivity contribution in [3.63, 3.8) is 0 Å². The molecule has 10 heteroatoms. The van der Waals surface area contributed by atoms with Crippen LogP contribution in [0.15, 0.2) is 15.8 Å². The zero-order valence-corrected chi connectivity index (χ0v) is 10.8. The van der Waals surface area contributed by atoms with Crippen molar-refractivity contribution in [1.29, 1.82) is 0 Å². The Kier molecular flexibility index (Phi) is 3.95. The summed E-state index contributed by atoms with van der Waals surface area (Å²) in [6.07, 6.45) is -11.7. The van der Waals surface area contributed by atoms with Crippen molar-refractivity contribution in [3.8, 4) is 0 Å². The van der Waals surface area contributed by atoms with E-state index in [1.165, 1.54) is 6.92 Å². The predicted octanol–water partition coefficient (Wildman–Crippen LogP) is -0.583. The SMILES string of the molecule is Cc1cn([C@H]2C[C@H](O)[C@@H](C(O)C(F)(F)F)O2)c(=O)[nH]c1=O. The number of aliphatic hydroxyl groups is 2. The van der Waals surface area contributed by atoms with Crippen LogP contribution < -0.4 is 11.2 Å². The number of aliphatic hydroxyl groups excluding tert-OH is 2. The molecule has 7 nitrogen and oxygen atoms in total. The summed E-state index contributed by atoms with van der Waals surface area (Å²) >= 11 is 0. The molecule has 0 saturated carbocycles. The molecule has 0 amide bonds. The maximum atomic E-state index is 12.4. The van der Waals surface area contributed by atoms with Crippen molar-refractivity contribution in [2.45, 2.75) is 44.1 Å². The Morgan fingerprint density at radius 2 is 2.10 bits per heavy atom. The van der Waals surface area contributed by atoms with E-state index in [2.05, 4.69) is 0 Å². The van der Waals surface area contributed by atoms with E-state index in [1.54, 1.807) is 0 Å². The third-order valence-electron chi connectivity index (χ3n) is 3.24. The molecule has 1 aliphatic rings. The number of aromatic nitrogens is 2. The average molecular weight is 310 g/mol. The van der Waals surface area contributed by atoms with E-state index in [4.69, 9.17) is 9.84 Å². The minimum Gasteiger partial charge on any atom is -0.390 e. The lowest BCUT2D eigenvalue weighted by Gasteiger charge is -2.23. The van der Waals surface area contributed by atoms with Gasteiger partial charge in [-0.1, -0.05) is 0 Å². The Balaban J connectivity index is 2.28. The van der Waals surface area contributed by atoms with Crippen LogP contribution in [0.2, 0.25) is 0 Å². The molecule has 2 heterocycles. The lowest BCUT2D eigenvalue weighted by molar-refractivity contribution is -0.244. The van der Waals surface area contributed by atoms with Crippen LogP contribution in [0, 0.1) is 6.92 Å². The molecule has 0 radical (unpaired) electrons. The third-order valence-corrected chi connectivity index (χ3v) is 3.24. The lowest BCUT2D eigenvalue weighted by atomic mass is 10.1. The Hall–Kier alpha value is -1.65. The highest BCUT2D eigenvalue weighted by Gasteiger charge is 2.51. The van der Waals surface area contributed by atoms with Crippen LogP contribution in [0.3, 0.4) is 0 Å². The number of nitrogens with zero attached hydrogens (tertiary/aromatic N) is 1. The van der Waals surface area contributed by atoms with Gasteiger partial charge in [-0.2, -0.15) is 13.2 Å². The maximum absolute atomic E-state index is 12.4. The molecule has 1 aromatic rings. The Morgan fingerprint density at radius 3 is 2.67 bits per heavy atom. The summed E-state index contributed by atoms with van der Waals surface area (Å²) in [4.78, 5) is 24.8. The first-order chi connectivity index (χ1) is 9.61. The quantitative estimate of drug-likeness (QED) is 0.678. The highest BCUT2D eigenvalue weighted by atomic mass is 19.4. The average Bonchev–Trinajstić information content (AvgIpc) is 2.73. The molecule has 2 rings (SSSR count). The van der Waals surface area contributed by atoms with Gasteiger partial charge in [-0.15, -0.1) is 0 Å². The summed E-state index contributed by atoms with van der Waals surface area (Å²) in [5, 5.41) is 18.7. The number of ether oxygens (including phenoxy) is 1. The minimum absolute atomic E-state index is 0.160. The van der Waals surface area contributed by atoms with Gasteiger partial charge in [0.05, 0.1) is 6.10 Å². The van der Waals surface area contributed by atoms with Crippen LogP contribution in [0.4, 0.5) is 13.2 Å². The van der Waals surface area contributed by atoms with E-state index in [-0.39, 0.29) is 12.0 Å². The van der Waals surface area contributed by atoms with Crippen LogP contribution in [0.1, 0.15) is 18.2 Å². The summed E-state index contributed by atoms with van der Waals surface area (Å²) in [6.45, 7) is 1.40. The second-order valence-corrected chi connectivity index (χ2v) is 4.82. The van der Waals surface area contributed by atoms with Crippen molar-refractivity contribution < 1.29 is 28.1 Å². The van der Waals surface area contributed by atoms with E-state index < -0.39 is 42.0 Å². The number of aryl methyl sites for hydroxylation is 1. The van der Waals surface area contributed by atoms with E-state index in [0.29, 0.717) is 0 Å². The third kappa shape index (κ3) is 3.01. The molecule has 21 heavy (non-hydrogen) atoms. The molecular weight excluding hydrogens is 297 g/mol. The fourth-order valence-electron chi connectivity index (χ4n) is 2.12. The lowest BCUT2D eigenvalue weighted by Crippen LogP contribution is -2.44. The molecule has 0 bridgehead atoms. The first-order valence-corrected chi connectivity index (χ1v) is 6.01. The molecule has 118 valence electrons. The van der Waals surface area contributed by atoms with Crippen molar-refractivity contribution in [2.75, 3.05) is 0 Å². The second kappa shape index (κ2) is 5.28. The van der Waals surface area contributed by atoms with Gasteiger partial charge in [0.1, 0.15) is 12.3 Å². The highest BCUT2D eigenvalue weighted by molar-refractivity contribution is 5.02. The monoisotopic (exact) mass is 310 g/mol. The van der Waals surface area contributed by atoms with Crippen LogP contribution in [0.25, 0.3) is 0 Å². The molecule has 3 N–H and O–H groups in total. The first kappa shape index (κ1) is 15.7. The number of rotatable bonds is 2. The van der Waals surface area contributed by atoms with Crippen LogP contribution in [-0.4, -0.2) is 44.3 Å². The number of halogens is 3. The Bertz CT molecular complexity index is 638. The molecule has 1 unspecified atom stereocenters. The molecular formula is C11H13F3N2O5. The van der Waals surface area contributed by atoms with Gasteiger partial charge in [0.25, 0.3) is 5.56 Å². The van der Waals surface area contributed by atoms with E-state index in [9.17, 15) is 27.9 Å². The van der Waals surface area contributed by atoms with Gasteiger partial charge in [0.15, 0.2) is 6.10 Å². The number of hydrogen-bond acceptors (Lipinski definition) is 5. The largest absolute Gasteiger partial charge is 0.417 e. The summed E-state index contributed by atoms with van der Waals surface area (Å²) in [5.74, 6) is 0. The van der Waals surface area contributed by atoms with Gasteiger partial charge in [-0.05, 0) is 6.92 Å². The molecule has 0 aromatic carbocycles. The van der Waals surface area contributed by atoms with Gasteiger partial charge in [0.2, 0.25) is 0 Å². The summed E-state index contributed by atoms with van der Waals surface area (Å²) in [7, 11) is 0. The van der Waals surface area contributed by atoms with E-state index >= 15 is 0 Å². The van der Waals surface area contributed by atoms with Crippen molar-refractivity contribution in [3.05, 3.63) is 32.6 Å². The summed E-state index contributed by atoms with van der Waals surface area (Å²) < 4.78 is 43.2.